The van der Waals surface area contributed by atoms with Crippen molar-refractivity contribution in [2.24, 2.45) is 0 Å². The van der Waals surface area contributed by atoms with E-state index in [4.69, 9.17) is 46.4 Å². The monoisotopic (exact) mass is 502 g/mol. The highest BCUT2D eigenvalue weighted by Crippen LogP contribution is 2.26. The van der Waals surface area contributed by atoms with Crippen LogP contribution in [0.25, 0.3) is 0 Å². The molecule has 2 aromatic carbocycles. The van der Waals surface area contributed by atoms with Crippen molar-refractivity contribution in [3.8, 4) is 0 Å². The molecule has 0 aliphatic rings. The number of rotatable bonds is 9. The first-order chi connectivity index (χ1) is 14.7. The minimum atomic E-state index is -0.637. The molecule has 0 saturated heterocycles. The van der Waals surface area contributed by atoms with E-state index in [0.717, 1.165) is 12.0 Å². The molecule has 168 valence electrons. The average molecular weight is 504 g/mol. The standard InChI is InChI=1S/C23H26Cl4N2O2/c1-4-14(3)28-23(31)21(5-2)29(13-15-6-9-18(25)20(27)10-15)22(30)11-16-7-8-17(24)12-19(16)26/h6-10,12,14,21H,4-5,11,13H2,1-3H3,(H,28,31)/t14-,21-/m1/s1. The Morgan fingerprint density at radius 3 is 2.23 bits per heavy atom. The fraction of sp³-hybridized carbons (Fsp3) is 0.391. The fourth-order valence-corrected chi connectivity index (χ4v) is 3.92. The van der Waals surface area contributed by atoms with Crippen LogP contribution in [0.5, 0.6) is 0 Å². The smallest absolute Gasteiger partial charge is 0.243 e. The van der Waals surface area contributed by atoms with Crippen molar-refractivity contribution in [1.82, 2.24) is 10.2 Å². The number of hydrogen-bond acceptors (Lipinski definition) is 2. The van der Waals surface area contributed by atoms with E-state index in [0.29, 0.717) is 32.1 Å². The summed E-state index contributed by atoms with van der Waals surface area (Å²) in [4.78, 5) is 27.9. The molecule has 0 heterocycles. The summed E-state index contributed by atoms with van der Waals surface area (Å²) < 4.78 is 0. The van der Waals surface area contributed by atoms with Crippen LogP contribution >= 0.6 is 46.4 Å². The van der Waals surface area contributed by atoms with Gasteiger partial charge < -0.3 is 10.2 Å². The fourth-order valence-electron chi connectivity index (χ4n) is 3.12. The maximum absolute atomic E-state index is 13.4. The Hall–Kier alpha value is -1.46. The summed E-state index contributed by atoms with van der Waals surface area (Å²) in [6.45, 7) is 6.02. The Balaban J connectivity index is 2.35. The highest BCUT2D eigenvalue weighted by atomic mass is 35.5. The lowest BCUT2D eigenvalue weighted by molar-refractivity contribution is -0.141. The Kier molecular flexibility index (Phi) is 9.95. The van der Waals surface area contributed by atoms with Crippen molar-refractivity contribution in [1.29, 1.82) is 0 Å². The van der Waals surface area contributed by atoms with Crippen LogP contribution < -0.4 is 5.32 Å². The van der Waals surface area contributed by atoms with Gasteiger partial charge in [-0.1, -0.05) is 72.4 Å². The molecule has 0 saturated carbocycles. The Morgan fingerprint density at radius 2 is 1.65 bits per heavy atom. The van der Waals surface area contributed by atoms with Gasteiger partial charge in [0.05, 0.1) is 16.5 Å². The van der Waals surface area contributed by atoms with Crippen molar-refractivity contribution < 1.29 is 9.59 Å². The highest BCUT2D eigenvalue weighted by Gasteiger charge is 2.29. The minimum absolute atomic E-state index is 0.00851. The van der Waals surface area contributed by atoms with Gasteiger partial charge in [-0.2, -0.15) is 0 Å². The molecule has 2 aromatic rings. The predicted molar refractivity (Wildman–Crippen MR) is 129 cm³/mol. The predicted octanol–water partition coefficient (Wildman–Crippen LogP) is 6.56. The molecule has 0 aliphatic heterocycles. The van der Waals surface area contributed by atoms with Gasteiger partial charge >= 0.3 is 0 Å². The molecule has 2 atom stereocenters. The van der Waals surface area contributed by atoms with Gasteiger partial charge in [-0.15, -0.1) is 0 Å². The van der Waals surface area contributed by atoms with Gasteiger partial charge in [0.15, 0.2) is 0 Å². The number of nitrogens with zero attached hydrogens (tertiary/aromatic N) is 1. The zero-order valence-electron chi connectivity index (χ0n) is 17.7. The lowest BCUT2D eigenvalue weighted by Gasteiger charge is -2.31. The number of halogens is 4. The Morgan fingerprint density at radius 1 is 0.935 bits per heavy atom. The van der Waals surface area contributed by atoms with E-state index < -0.39 is 6.04 Å². The molecule has 2 rings (SSSR count). The molecule has 8 heteroatoms. The van der Waals surface area contributed by atoms with Crippen molar-refractivity contribution in [3.05, 3.63) is 67.6 Å². The molecule has 31 heavy (non-hydrogen) atoms. The van der Waals surface area contributed by atoms with Gasteiger partial charge in [0.1, 0.15) is 6.04 Å². The van der Waals surface area contributed by atoms with Crippen LogP contribution in [-0.2, 0) is 22.6 Å². The number of carbonyl (C=O) groups is 2. The normalized spacial score (nSPS) is 12.9. The maximum atomic E-state index is 13.4. The number of hydrogen-bond donors (Lipinski definition) is 1. The summed E-state index contributed by atoms with van der Waals surface area (Å²) in [5.74, 6) is -0.408. The molecule has 4 nitrogen and oxygen atoms in total. The summed E-state index contributed by atoms with van der Waals surface area (Å²) in [5, 5.41) is 4.71. The summed E-state index contributed by atoms with van der Waals surface area (Å²) in [6.07, 6.45) is 1.30. The summed E-state index contributed by atoms with van der Waals surface area (Å²) in [5.41, 5.74) is 1.42. The summed E-state index contributed by atoms with van der Waals surface area (Å²) >= 11 is 24.4. The van der Waals surface area contributed by atoms with E-state index in [1.807, 2.05) is 20.8 Å². The van der Waals surface area contributed by atoms with Crippen molar-refractivity contribution in [3.63, 3.8) is 0 Å². The van der Waals surface area contributed by atoms with Gasteiger partial charge in [0.25, 0.3) is 0 Å². The van der Waals surface area contributed by atoms with Gasteiger partial charge in [0, 0.05) is 22.6 Å². The third kappa shape index (κ3) is 7.28. The second kappa shape index (κ2) is 12.0. The van der Waals surface area contributed by atoms with E-state index in [2.05, 4.69) is 5.32 Å². The van der Waals surface area contributed by atoms with Crippen LogP contribution in [0, 0.1) is 0 Å². The molecule has 0 aromatic heterocycles. The third-order valence-electron chi connectivity index (χ3n) is 5.08. The van der Waals surface area contributed by atoms with Gasteiger partial charge in [-0.25, -0.2) is 0 Å². The van der Waals surface area contributed by atoms with E-state index in [9.17, 15) is 9.59 Å². The van der Waals surface area contributed by atoms with Crippen LogP contribution in [0.3, 0.4) is 0 Å². The Bertz CT molecular complexity index is 936. The van der Waals surface area contributed by atoms with Crippen LogP contribution in [0.15, 0.2) is 36.4 Å². The molecule has 0 aliphatic carbocycles. The van der Waals surface area contributed by atoms with Crippen LogP contribution in [-0.4, -0.2) is 28.8 Å². The van der Waals surface area contributed by atoms with Crippen molar-refractivity contribution in [2.75, 3.05) is 0 Å². The average Bonchev–Trinajstić information content (AvgIpc) is 2.72. The molecule has 2 amide bonds. The zero-order chi connectivity index (χ0) is 23.1. The maximum Gasteiger partial charge on any atom is 0.243 e. The number of nitrogens with one attached hydrogen (secondary N) is 1. The minimum Gasteiger partial charge on any atom is -0.352 e. The highest BCUT2D eigenvalue weighted by molar-refractivity contribution is 6.42. The largest absolute Gasteiger partial charge is 0.352 e. The van der Waals surface area contributed by atoms with E-state index in [-0.39, 0.29) is 30.8 Å². The molecule has 0 spiro atoms. The first-order valence-corrected chi connectivity index (χ1v) is 11.6. The number of carbonyl (C=O) groups excluding carboxylic acids is 2. The topological polar surface area (TPSA) is 49.4 Å². The zero-order valence-corrected chi connectivity index (χ0v) is 20.7. The molecule has 0 unspecified atom stereocenters. The van der Waals surface area contributed by atoms with Crippen LogP contribution in [0.4, 0.5) is 0 Å². The van der Waals surface area contributed by atoms with E-state index >= 15 is 0 Å². The van der Waals surface area contributed by atoms with Gasteiger partial charge in [0.2, 0.25) is 11.8 Å². The molecule has 0 fully saturated rings. The van der Waals surface area contributed by atoms with E-state index in [1.54, 1.807) is 41.3 Å². The molecule has 0 radical (unpaired) electrons. The van der Waals surface area contributed by atoms with Gasteiger partial charge in [-0.05, 0) is 55.2 Å². The molecular weight excluding hydrogens is 478 g/mol. The second-order valence-electron chi connectivity index (χ2n) is 7.42. The third-order valence-corrected chi connectivity index (χ3v) is 6.41. The SMILES string of the molecule is CC[C@@H](C)NC(=O)[C@@H](CC)N(Cc1ccc(Cl)c(Cl)c1)C(=O)Cc1ccc(Cl)cc1Cl. The lowest BCUT2D eigenvalue weighted by Crippen LogP contribution is -2.51. The first kappa shape index (κ1) is 25.8. The van der Waals surface area contributed by atoms with Crippen molar-refractivity contribution >= 4 is 58.2 Å². The molecular formula is C23H26Cl4N2O2. The lowest BCUT2D eigenvalue weighted by atomic mass is 10.1. The Labute approximate surface area is 203 Å². The van der Waals surface area contributed by atoms with Crippen molar-refractivity contribution in [2.45, 2.75) is 58.7 Å². The molecule has 0 bridgehead atoms. The van der Waals surface area contributed by atoms with Crippen LogP contribution in [0.1, 0.15) is 44.7 Å². The number of benzene rings is 2. The van der Waals surface area contributed by atoms with E-state index in [1.165, 1.54) is 0 Å². The molecule has 1 N–H and O–H groups in total. The quantitative estimate of drug-likeness (QED) is 0.421. The van der Waals surface area contributed by atoms with Gasteiger partial charge in [-0.3, -0.25) is 9.59 Å². The second-order valence-corrected chi connectivity index (χ2v) is 9.08. The number of amides is 2. The van der Waals surface area contributed by atoms with Crippen LogP contribution in [0.2, 0.25) is 20.1 Å². The summed E-state index contributed by atoms with van der Waals surface area (Å²) in [7, 11) is 0. The first-order valence-electron chi connectivity index (χ1n) is 10.1. The summed E-state index contributed by atoms with van der Waals surface area (Å²) in [6, 6.07) is 9.56.